The topological polar surface area (TPSA) is 15.3 Å². The largest absolute Gasteiger partial charge is 0.312 e. The van der Waals surface area contributed by atoms with Gasteiger partial charge in [0.25, 0.3) is 0 Å². The number of hydrogen-bond donors (Lipinski definition) is 1. The first kappa shape index (κ1) is 15.2. The minimum Gasteiger partial charge on any atom is -0.312 e. The van der Waals surface area contributed by atoms with E-state index in [1.807, 2.05) is 0 Å². The van der Waals surface area contributed by atoms with Crippen LogP contribution in [0.25, 0.3) is 0 Å². The second-order valence-corrected chi connectivity index (χ2v) is 5.49. The lowest BCUT2D eigenvalue weighted by molar-refractivity contribution is 0.335. The highest BCUT2D eigenvalue weighted by Gasteiger charge is 2.12. The van der Waals surface area contributed by atoms with Crippen LogP contribution in [0, 0.1) is 13.8 Å². The number of hydrogen-bond acceptors (Lipinski definition) is 2. The predicted octanol–water partition coefficient (Wildman–Crippen LogP) is 2.78. The summed E-state index contributed by atoms with van der Waals surface area (Å²) in [4.78, 5) is 2.26. The highest BCUT2D eigenvalue weighted by atomic mass is 15.1. The molecule has 1 N–H and O–H groups in total. The first-order valence-electron chi connectivity index (χ1n) is 6.97. The zero-order valence-corrected chi connectivity index (χ0v) is 12.6. The van der Waals surface area contributed by atoms with Gasteiger partial charge in [-0.1, -0.05) is 25.1 Å². The van der Waals surface area contributed by atoms with Crippen LogP contribution in [-0.2, 0) is 6.42 Å². The molecule has 0 radical (unpaired) electrons. The summed E-state index contributed by atoms with van der Waals surface area (Å²) < 4.78 is 0. The molecule has 2 nitrogen and oxygen atoms in total. The van der Waals surface area contributed by atoms with Crippen LogP contribution < -0.4 is 5.32 Å². The van der Waals surface area contributed by atoms with Crippen molar-refractivity contribution in [3.8, 4) is 0 Å². The Morgan fingerprint density at radius 2 is 1.78 bits per heavy atom. The van der Waals surface area contributed by atoms with Crippen LogP contribution in [0.1, 0.15) is 30.0 Å². The molecule has 2 heteroatoms. The molecule has 0 aromatic heterocycles. The van der Waals surface area contributed by atoms with Crippen LogP contribution >= 0.6 is 0 Å². The smallest absolute Gasteiger partial charge is 0.0235 e. The van der Waals surface area contributed by atoms with E-state index in [1.54, 1.807) is 0 Å². The lowest BCUT2D eigenvalue weighted by atomic mass is 9.96. The molecule has 1 aromatic rings. The maximum absolute atomic E-state index is 3.66. The monoisotopic (exact) mass is 248 g/mol. The molecule has 102 valence electrons. The Morgan fingerprint density at radius 3 is 2.28 bits per heavy atom. The Bertz CT molecular complexity index is 338. The van der Waals surface area contributed by atoms with E-state index in [-0.39, 0.29) is 0 Å². The van der Waals surface area contributed by atoms with Gasteiger partial charge in [0.1, 0.15) is 0 Å². The van der Waals surface area contributed by atoms with Crippen LogP contribution in [0.15, 0.2) is 18.2 Å². The Labute approximate surface area is 112 Å². The van der Waals surface area contributed by atoms with Gasteiger partial charge in [0.15, 0.2) is 0 Å². The van der Waals surface area contributed by atoms with Gasteiger partial charge in [-0.05, 0) is 64.0 Å². The average Bonchev–Trinajstić information content (AvgIpc) is 2.30. The van der Waals surface area contributed by atoms with Crippen LogP contribution in [0.5, 0.6) is 0 Å². The fraction of sp³-hybridized carbons (Fsp3) is 0.625. The maximum atomic E-state index is 3.66. The molecule has 0 saturated heterocycles. The fourth-order valence-electron chi connectivity index (χ4n) is 2.41. The maximum Gasteiger partial charge on any atom is 0.0235 e. The molecule has 1 rings (SSSR count). The van der Waals surface area contributed by atoms with E-state index in [0.29, 0.717) is 6.04 Å². The molecule has 0 aliphatic rings. The van der Waals surface area contributed by atoms with Crippen LogP contribution in [-0.4, -0.2) is 38.1 Å². The number of benzene rings is 1. The van der Waals surface area contributed by atoms with Gasteiger partial charge >= 0.3 is 0 Å². The Hall–Kier alpha value is -0.860. The summed E-state index contributed by atoms with van der Waals surface area (Å²) in [7, 11) is 4.29. The van der Waals surface area contributed by atoms with E-state index < -0.39 is 0 Å². The summed E-state index contributed by atoms with van der Waals surface area (Å²) >= 11 is 0. The molecule has 1 atom stereocenters. The molecule has 1 unspecified atom stereocenters. The Kier molecular flexibility index (Phi) is 6.37. The molecule has 0 aliphatic carbocycles. The fourth-order valence-corrected chi connectivity index (χ4v) is 2.41. The van der Waals surface area contributed by atoms with Crippen molar-refractivity contribution in [3.05, 3.63) is 34.9 Å². The first-order chi connectivity index (χ1) is 8.54. The minimum atomic E-state index is 0.541. The van der Waals surface area contributed by atoms with Gasteiger partial charge in [0.05, 0.1) is 0 Å². The summed E-state index contributed by atoms with van der Waals surface area (Å²) in [5, 5.41) is 3.66. The third-order valence-corrected chi connectivity index (χ3v) is 3.36. The summed E-state index contributed by atoms with van der Waals surface area (Å²) in [6.07, 6.45) is 2.31. The van der Waals surface area contributed by atoms with E-state index in [1.165, 1.54) is 23.1 Å². The van der Waals surface area contributed by atoms with Gasteiger partial charge in [-0.2, -0.15) is 0 Å². The third-order valence-electron chi connectivity index (χ3n) is 3.36. The average molecular weight is 248 g/mol. The van der Waals surface area contributed by atoms with E-state index in [2.05, 4.69) is 63.3 Å². The first-order valence-corrected chi connectivity index (χ1v) is 6.97. The van der Waals surface area contributed by atoms with Crippen molar-refractivity contribution < 1.29 is 0 Å². The second kappa shape index (κ2) is 7.55. The number of likely N-dealkylation sites (N-methyl/N-ethyl adjacent to an activating group) is 1. The van der Waals surface area contributed by atoms with Crippen LogP contribution in [0.4, 0.5) is 0 Å². The van der Waals surface area contributed by atoms with Crippen molar-refractivity contribution in [2.45, 2.75) is 39.7 Å². The zero-order valence-electron chi connectivity index (χ0n) is 12.6. The molecule has 0 aliphatic heterocycles. The lowest BCUT2D eigenvalue weighted by Crippen LogP contribution is -2.40. The van der Waals surface area contributed by atoms with Crippen molar-refractivity contribution in [2.75, 3.05) is 27.2 Å². The van der Waals surface area contributed by atoms with Crippen LogP contribution in [0.2, 0.25) is 0 Å². The summed E-state index contributed by atoms with van der Waals surface area (Å²) in [6.45, 7) is 8.85. The molecule has 1 aromatic carbocycles. The minimum absolute atomic E-state index is 0.541. The molecule has 18 heavy (non-hydrogen) atoms. The van der Waals surface area contributed by atoms with Gasteiger partial charge < -0.3 is 10.2 Å². The molecule has 0 fully saturated rings. The number of nitrogens with one attached hydrogen (secondary N) is 1. The van der Waals surface area contributed by atoms with Gasteiger partial charge in [0, 0.05) is 12.6 Å². The zero-order chi connectivity index (χ0) is 13.5. The van der Waals surface area contributed by atoms with Crippen molar-refractivity contribution >= 4 is 0 Å². The van der Waals surface area contributed by atoms with Crippen molar-refractivity contribution in [2.24, 2.45) is 0 Å². The van der Waals surface area contributed by atoms with Crippen LogP contribution in [0.3, 0.4) is 0 Å². The lowest BCUT2D eigenvalue weighted by Gasteiger charge is -2.24. The number of rotatable bonds is 7. The van der Waals surface area contributed by atoms with Crippen molar-refractivity contribution in [3.63, 3.8) is 0 Å². The SMILES string of the molecule is CCCNC(Cc1c(C)cccc1C)CN(C)C. The van der Waals surface area contributed by atoms with Gasteiger partial charge in [-0.3, -0.25) is 0 Å². The number of aryl methyl sites for hydroxylation is 2. The molecule has 0 spiro atoms. The predicted molar refractivity (Wildman–Crippen MR) is 80.3 cm³/mol. The highest BCUT2D eigenvalue weighted by molar-refractivity contribution is 5.34. The van der Waals surface area contributed by atoms with Crippen molar-refractivity contribution in [1.29, 1.82) is 0 Å². The molecule has 0 saturated carbocycles. The highest BCUT2D eigenvalue weighted by Crippen LogP contribution is 2.15. The summed E-state index contributed by atoms with van der Waals surface area (Å²) in [5.41, 5.74) is 4.34. The van der Waals surface area contributed by atoms with E-state index >= 15 is 0 Å². The van der Waals surface area contributed by atoms with Crippen molar-refractivity contribution in [1.82, 2.24) is 10.2 Å². The molecule has 0 amide bonds. The van der Waals surface area contributed by atoms with Gasteiger partial charge in [-0.15, -0.1) is 0 Å². The van der Waals surface area contributed by atoms with Gasteiger partial charge in [-0.25, -0.2) is 0 Å². The van der Waals surface area contributed by atoms with E-state index in [9.17, 15) is 0 Å². The standard InChI is InChI=1S/C16H28N2/c1-6-10-17-15(12-18(4)5)11-16-13(2)8-7-9-14(16)3/h7-9,15,17H,6,10-12H2,1-5H3. The Balaban J connectivity index is 2.75. The summed E-state index contributed by atoms with van der Waals surface area (Å²) in [6, 6.07) is 7.12. The third kappa shape index (κ3) is 4.79. The van der Waals surface area contributed by atoms with Gasteiger partial charge in [0.2, 0.25) is 0 Å². The quantitative estimate of drug-likeness (QED) is 0.798. The molecule has 0 bridgehead atoms. The second-order valence-electron chi connectivity index (χ2n) is 5.49. The summed E-state index contributed by atoms with van der Waals surface area (Å²) in [5.74, 6) is 0. The normalized spacial score (nSPS) is 13.0. The molecular weight excluding hydrogens is 220 g/mol. The molecule has 0 heterocycles. The molecular formula is C16H28N2. The van der Waals surface area contributed by atoms with E-state index in [4.69, 9.17) is 0 Å². The number of nitrogens with zero attached hydrogens (tertiary/aromatic N) is 1. The Morgan fingerprint density at radius 1 is 1.17 bits per heavy atom. The van der Waals surface area contributed by atoms with E-state index in [0.717, 1.165) is 19.5 Å².